The highest BCUT2D eigenvalue weighted by Crippen LogP contribution is 2.19. The molecule has 1 aromatic heterocycles. The summed E-state index contributed by atoms with van der Waals surface area (Å²) >= 11 is 1.69. The Morgan fingerprint density at radius 1 is 1.33 bits per heavy atom. The van der Waals surface area contributed by atoms with Gasteiger partial charge < -0.3 is 5.32 Å². The van der Waals surface area contributed by atoms with Crippen LogP contribution in [0.2, 0.25) is 0 Å². The molecule has 0 aliphatic rings. The Kier molecular flexibility index (Phi) is 4.09. The second-order valence-electron chi connectivity index (χ2n) is 4.37. The van der Waals surface area contributed by atoms with Gasteiger partial charge in [0.15, 0.2) is 0 Å². The molecule has 0 amide bonds. The molecule has 0 aliphatic carbocycles. The minimum Gasteiger partial charge on any atom is -0.304 e. The van der Waals surface area contributed by atoms with Crippen LogP contribution >= 0.6 is 11.3 Å². The summed E-state index contributed by atoms with van der Waals surface area (Å²) in [6, 6.07) is 6.85. The van der Waals surface area contributed by atoms with Crippen LogP contribution in [0.5, 0.6) is 0 Å². The highest BCUT2D eigenvalue weighted by Gasteiger charge is 2.10. The van der Waals surface area contributed by atoms with E-state index in [1.807, 2.05) is 26.0 Å². The second kappa shape index (κ2) is 5.59. The maximum Gasteiger partial charge on any atom is 0.127 e. The Balaban J connectivity index is 2.00. The molecule has 0 spiro atoms. The number of nitrogens with zero attached hydrogens (tertiary/aromatic N) is 1. The van der Waals surface area contributed by atoms with E-state index in [-0.39, 0.29) is 11.9 Å². The molecule has 2 rings (SSSR count). The normalized spacial score (nSPS) is 12.7. The molecule has 96 valence electrons. The van der Waals surface area contributed by atoms with Crippen LogP contribution in [0.3, 0.4) is 0 Å². The summed E-state index contributed by atoms with van der Waals surface area (Å²) in [5.74, 6) is -0.163. The van der Waals surface area contributed by atoms with Gasteiger partial charge in [-0.2, -0.15) is 0 Å². The van der Waals surface area contributed by atoms with E-state index in [4.69, 9.17) is 0 Å². The number of hydrogen-bond donors (Lipinski definition) is 1. The van der Waals surface area contributed by atoms with E-state index in [2.05, 4.69) is 17.2 Å². The van der Waals surface area contributed by atoms with Gasteiger partial charge in [-0.1, -0.05) is 18.2 Å². The van der Waals surface area contributed by atoms with Crippen LogP contribution in [-0.4, -0.2) is 4.98 Å². The zero-order chi connectivity index (χ0) is 13.1. The van der Waals surface area contributed by atoms with E-state index in [0.29, 0.717) is 12.1 Å². The first-order chi connectivity index (χ1) is 8.58. The zero-order valence-corrected chi connectivity index (χ0v) is 11.6. The molecule has 0 saturated carbocycles. The van der Waals surface area contributed by atoms with Gasteiger partial charge in [-0.3, -0.25) is 0 Å². The maximum atomic E-state index is 13.6. The summed E-state index contributed by atoms with van der Waals surface area (Å²) in [7, 11) is 0. The summed E-state index contributed by atoms with van der Waals surface area (Å²) in [5.41, 5.74) is 1.78. The van der Waals surface area contributed by atoms with Crippen LogP contribution in [0.1, 0.15) is 34.1 Å². The maximum absolute atomic E-state index is 13.6. The Bertz CT molecular complexity index is 517. The fourth-order valence-electron chi connectivity index (χ4n) is 1.79. The van der Waals surface area contributed by atoms with Crippen molar-refractivity contribution >= 4 is 11.3 Å². The summed E-state index contributed by atoms with van der Waals surface area (Å²) in [6.45, 7) is 6.72. The lowest BCUT2D eigenvalue weighted by molar-refractivity contribution is 0.527. The van der Waals surface area contributed by atoms with E-state index < -0.39 is 0 Å². The standard InChI is InChI=1S/C14H17FN2S/c1-9-11(3)18-14(17-9)8-16-10(2)12-6-4-5-7-13(12)15/h4-7,10,16H,8H2,1-3H3. The van der Waals surface area contributed by atoms with E-state index >= 15 is 0 Å². The molecule has 1 aromatic carbocycles. The first-order valence-electron chi connectivity index (χ1n) is 5.98. The van der Waals surface area contributed by atoms with E-state index in [9.17, 15) is 4.39 Å². The summed E-state index contributed by atoms with van der Waals surface area (Å²) < 4.78 is 13.6. The number of aromatic nitrogens is 1. The predicted octanol–water partition coefficient (Wildman–Crippen LogP) is 3.75. The van der Waals surface area contributed by atoms with Crippen molar-refractivity contribution < 1.29 is 4.39 Å². The van der Waals surface area contributed by atoms with Crippen LogP contribution in [-0.2, 0) is 6.54 Å². The van der Waals surface area contributed by atoms with Gasteiger partial charge in [0.05, 0.1) is 5.69 Å². The van der Waals surface area contributed by atoms with Gasteiger partial charge in [-0.05, 0) is 26.8 Å². The highest BCUT2D eigenvalue weighted by molar-refractivity contribution is 7.11. The molecular weight excluding hydrogens is 247 g/mol. The molecule has 2 nitrogen and oxygen atoms in total. The summed E-state index contributed by atoms with van der Waals surface area (Å²) in [5, 5.41) is 4.35. The van der Waals surface area contributed by atoms with Crippen molar-refractivity contribution in [2.24, 2.45) is 0 Å². The lowest BCUT2D eigenvalue weighted by Crippen LogP contribution is -2.19. The van der Waals surface area contributed by atoms with Crippen molar-refractivity contribution in [2.45, 2.75) is 33.4 Å². The average molecular weight is 264 g/mol. The Hall–Kier alpha value is -1.26. The third-order valence-electron chi connectivity index (χ3n) is 3.00. The van der Waals surface area contributed by atoms with Crippen LogP contribution in [0.15, 0.2) is 24.3 Å². The minimum absolute atomic E-state index is 0.0179. The first kappa shape index (κ1) is 13.2. The van der Waals surface area contributed by atoms with Crippen molar-refractivity contribution in [2.75, 3.05) is 0 Å². The highest BCUT2D eigenvalue weighted by atomic mass is 32.1. The lowest BCUT2D eigenvalue weighted by atomic mass is 10.1. The predicted molar refractivity (Wildman–Crippen MR) is 73.2 cm³/mol. The van der Waals surface area contributed by atoms with Gasteiger partial charge in [0, 0.05) is 23.0 Å². The van der Waals surface area contributed by atoms with Crippen molar-refractivity contribution in [3.05, 3.63) is 51.2 Å². The topological polar surface area (TPSA) is 24.9 Å². The Labute approximate surface area is 111 Å². The van der Waals surface area contributed by atoms with Crippen LogP contribution in [0, 0.1) is 19.7 Å². The molecule has 4 heteroatoms. The van der Waals surface area contributed by atoms with Crippen LogP contribution in [0.25, 0.3) is 0 Å². The smallest absolute Gasteiger partial charge is 0.127 e. The fourth-order valence-corrected chi connectivity index (χ4v) is 2.68. The molecular formula is C14H17FN2S. The number of halogens is 1. The molecule has 0 aliphatic heterocycles. The summed E-state index contributed by atoms with van der Waals surface area (Å²) in [6.07, 6.45) is 0. The molecule has 2 aromatic rings. The molecule has 18 heavy (non-hydrogen) atoms. The molecule has 1 N–H and O–H groups in total. The van der Waals surface area contributed by atoms with E-state index in [0.717, 1.165) is 10.7 Å². The van der Waals surface area contributed by atoms with Crippen LogP contribution < -0.4 is 5.32 Å². The molecule has 0 bridgehead atoms. The van der Waals surface area contributed by atoms with Crippen molar-refractivity contribution in [1.82, 2.24) is 10.3 Å². The molecule has 1 unspecified atom stereocenters. The van der Waals surface area contributed by atoms with Gasteiger partial charge in [-0.15, -0.1) is 11.3 Å². The zero-order valence-electron chi connectivity index (χ0n) is 10.8. The number of hydrogen-bond acceptors (Lipinski definition) is 3. The largest absolute Gasteiger partial charge is 0.304 e. The number of nitrogens with one attached hydrogen (secondary N) is 1. The second-order valence-corrected chi connectivity index (χ2v) is 5.66. The fraction of sp³-hybridized carbons (Fsp3) is 0.357. The monoisotopic (exact) mass is 264 g/mol. The van der Waals surface area contributed by atoms with Crippen LogP contribution in [0.4, 0.5) is 4.39 Å². The van der Waals surface area contributed by atoms with E-state index in [1.165, 1.54) is 10.9 Å². The van der Waals surface area contributed by atoms with Gasteiger partial charge in [0.1, 0.15) is 10.8 Å². The molecule has 0 saturated heterocycles. The van der Waals surface area contributed by atoms with Crippen molar-refractivity contribution in [3.63, 3.8) is 0 Å². The van der Waals surface area contributed by atoms with Gasteiger partial charge in [0.2, 0.25) is 0 Å². The average Bonchev–Trinajstić information content (AvgIpc) is 2.66. The van der Waals surface area contributed by atoms with E-state index in [1.54, 1.807) is 17.4 Å². The van der Waals surface area contributed by atoms with Gasteiger partial charge in [-0.25, -0.2) is 9.37 Å². The van der Waals surface area contributed by atoms with Crippen molar-refractivity contribution in [3.8, 4) is 0 Å². The summed E-state index contributed by atoms with van der Waals surface area (Å²) in [4.78, 5) is 5.70. The quantitative estimate of drug-likeness (QED) is 0.909. The Morgan fingerprint density at radius 2 is 2.06 bits per heavy atom. The van der Waals surface area contributed by atoms with Gasteiger partial charge >= 0.3 is 0 Å². The number of rotatable bonds is 4. The minimum atomic E-state index is -0.163. The number of aryl methyl sites for hydroxylation is 2. The number of thiazole rings is 1. The molecule has 1 atom stereocenters. The lowest BCUT2D eigenvalue weighted by Gasteiger charge is -2.13. The van der Waals surface area contributed by atoms with Gasteiger partial charge in [0.25, 0.3) is 0 Å². The molecule has 1 heterocycles. The third kappa shape index (κ3) is 2.94. The molecule has 0 radical (unpaired) electrons. The first-order valence-corrected chi connectivity index (χ1v) is 6.80. The number of benzene rings is 1. The Morgan fingerprint density at radius 3 is 2.67 bits per heavy atom. The van der Waals surface area contributed by atoms with Crippen molar-refractivity contribution in [1.29, 1.82) is 0 Å². The molecule has 0 fully saturated rings. The third-order valence-corrected chi connectivity index (χ3v) is 4.08. The SMILES string of the molecule is Cc1nc(CNC(C)c2ccccc2F)sc1C.